The van der Waals surface area contributed by atoms with Gasteiger partial charge in [-0.15, -0.1) is 0 Å². The van der Waals surface area contributed by atoms with Crippen LogP contribution in [-0.2, 0) is 0 Å². The molecule has 0 N–H and O–H groups in total. The van der Waals surface area contributed by atoms with E-state index in [1.54, 1.807) is 0 Å². The molecular formula is C7H18As+. The van der Waals surface area contributed by atoms with Gasteiger partial charge in [0.2, 0.25) is 0 Å². The van der Waals surface area contributed by atoms with Crippen LogP contribution in [-0.4, -0.2) is 13.6 Å². The third-order valence-corrected chi connectivity index (χ3v) is 11.9. The van der Waals surface area contributed by atoms with Gasteiger partial charge in [0.25, 0.3) is 0 Å². The Morgan fingerprint density at radius 2 is 1.12 bits per heavy atom. The van der Waals surface area contributed by atoms with Gasteiger partial charge in [-0.3, -0.25) is 0 Å². The van der Waals surface area contributed by atoms with Crippen LogP contribution >= 0.6 is 0 Å². The molecule has 0 atom stereocenters. The Kier molecular flexibility index (Phi) is 3.81. The molecule has 0 saturated heterocycles. The molecule has 0 aromatic heterocycles. The van der Waals surface area contributed by atoms with Gasteiger partial charge in [0, 0.05) is 0 Å². The van der Waals surface area contributed by atoms with Gasteiger partial charge in [-0.2, -0.15) is 0 Å². The fourth-order valence-electron chi connectivity index (χ4n) is 0.671. The van der Waals surface area contributed by atoms with E-state index in [-0.39, 0.29) is 0 Å². The van der Waals surface area contributed by atoms with Crippen LogP contribution in [0.25, 0.3) is 0 Å². The van der Waals surface area contributed by atoms with E-state index in [9.17, 15) is 0 Å². The monoisotopic (exact) mass is 177 g/mol. The molecule has 0 aliphatic rings. The molecule has 8 heavy (non-hydrogen) atoms. The zero-order valence-corrected chi connectivity index (χ0v) is 8.45. The Labute approximate surface area is 56.1 Å². The SMILES string of the molecule is CC[As+](C)(CC)CC. The third kappa shape index (κ3) is 2.22. The molecule has 0 spiro atoms. The Bertz CT molecular complexity index is 47.1. The summed E-state index contributed by atoms with van der Waals surface area (Å²) in [6.45, 7) is 7.04. The second-order valence-corrected chi connectivity index (χ2v) is 13.3. The predicted octanol–water partition coefficient (Wildman–Crippen LogP) is 3.12. The molecule has 0 aliphatic carbocycles. The molecule has 0 unspecified atom stereocenters. The molecule has 0 aromatic carbocycles. The van der Waals surface area contributed by atoms with Crippen LogP contribution in [0.1, 0.15) is 20.8 Å². The van der Waals surface area contributed by atoms with Gasteiger partial charge in [-0.25, -0.2) is 0 Å². The van der Waals surface area contributed by atoms with E-state index in [2.05, 4.69) is 26.5 Å². The summed E-state index contributed by atoms with van der Waals surface area (Å²) < 4.78 is 0. The fourth-order valence-corrected chi connectivity index (χ4v) is 3.49. The van der Waals surface area contributed by atoms with Crippen LogP contribution in [0.3, 0.4) is 0 Å². The van der Waals surface area contributed by atoms with E-state index in [0.29, 0.717) is 0 Å². The van der Waals surface area contributed by atoms with Crippen molar-refractivity contribution in [1.29, 1.82) is 0 Å². The first kappa shape index (κ1) is 8.56. The second-order valence-electron chi connectivity index (χ2n) is 2.57. The molecule has 0 aliphatic heterocycles. The van der Waals surface area contributed by atoms with Crippen molar-refractivity contribution >= 4 is 13.6 Å². The summed E-state index contributed by atoms with van der Waals surface area (Å²) in [5, 5.41) is 4.47. The van der Waals surface area contributed by atoms with Gasteiger partial charge >= 0.3 is 55.7 Å². The number of rotatable bonds is 3. The summed E-state index contributed by atoms with van der Waals surface area (Å²) in [7, 11) is 0. The van der Waals surface area contributed by atoms with E-state index in [1.165, 1.54) is 15.6 Å². The Morgan fingerprint density at radius 1 is 0.875 bits per heavy atom. The molecule has 0 amide bonds. The molecule has 1 heteroatoms. The van der Waals surface area contributed by atoms with Crippen LogP contribution in [0.2, 0.25) is 21.3 Å². The van der Waals surface area contributed by atoms with E-state index in [1.807, 2.05) is 0 Å². The minimum atomic E-state index is -0.979. The molecule has 0 rings (SSSR count). The summed E-state index contributed by atoms with van der Waals surface area (Å²) in [6.07, 6.45) is 0. The van der Waals surface area contributed by atoms with Crippen LogP contribution in [0.15, 0.2) is 0 Å². The van der Waals surface area contributed by atoms with Gasteiger partial charge in [0.05, 0.1) is 0 Å². The van der Waals surface area contributed by atoms with Crippen molar-refractivity contribution in [3.63, 3.8) is 0 Å². The van der Waals surface area contributed by atoms with Gasteiger partial charge in [0.15, 0.2) is 0 Å². The van der Waals surface area contributed by atoms with Crippen LogP contribution in [0.5, 0.6) is 0 Å². The van der Waals surface area contributed by atoms with Crippen molar-refractivity contribution in [3.8, 4) is 0 Å². The van der Waals surface area contributed by atoms with Gasteiger partial charge in [0.1, 0.15) is 0 Å². The van der Waals surface area contributed by atoms with Crippen molar-refractivity contribution < 1.29 is 0 Å². The summed E-state index contributed by atoms with van der Waals surface area (Å²) in [6, 6.07) is 0. The quantitative estimate of drug-likeness (QED) is 0.581. The maximum absolute atomic E-state index is 2.53. The Morgan fingerprint density at radius 3 is 1.12 bits per heavy atom. The molecule has 0 bridgehead atoms. The average molecular weight is 177 g/mol. The summed E-state index contributed by atoms with van der Waals surface area (Å²) in [4.78, 5) is 0. The molecule has 0 fully saturated rings. The van der Waals surface area contributed by atoms with Crippen LogP contribution in [0.4, 0.5) is 0 Å². The van der Waals surface area contributed by atoms with Crippen LogP contribution < -0.4 is 0 Å². The number of hydrogen-bond acceptors (Lipinski definition) is 0. The fraction of sp³-hybridized carbons (Fsp3) is 1.00. The molecule has 50 valence electrons. The molecule has 0 heterocycles. The first-order chi connectivity index (χ1) is 3.68. The molecule has 0 saturated carbocycles. The van der Waals surface area contributed by atoms with Crippen molar-refractivity contribution in [1.82, 2.24) is 0 Å². The summed E-state index contributed by atoms with van der Waals surface area (Å²) in [5.74, 6) is 0. The van der Waals surface area contributed by atoms with Crippen molar-refractivity contribution in [3.05, 3.63) is 0 Å². The Balaban J connectivity index is 3.58. The van der Waals surface area contributed by atoms with Gasteiger partial charge in [-0.05, 0) is 0 Å². The summed E-state index contributed by atoms with van der Waals surface area (Å²) >= 11 is -0.979. The second kappa shape index (κ2) is 3.56. The minimum absolute atomic E-state index is 0.979. The zero-order valence-electron chi connectivity index (χ0n) is 6.57. The maximum atomic E-state index is 2.53. The van der Waals surface area contributed by atoms with Crippen molar-refractivity contribution in [2.75, 3.05) is 0 Å². The zero-order chi connectivity index (χ0) is 6.62. The predicted molar refractivity (Wildman–Crippen MR) is 43.1 cm³/mol. The third-order valence-electron chi connectivity index (χ3n) is 2.29. The standard InChI is InChI=1S/C7H18As/c1-5-8(4,6-2)7-3/h5-7H2,1-4H3/q+1. The average Bonchev–Trinajstić information content (AvgIpc) is 1.87. The topological polar surface area (TPSA) is 0 Å². The molecule has 0 radical (unpaired) electrons. The first-order valence-electron chi connectivity index (χ1n) is 3.52. The number of hydrogen-bond donors (Lipinski definition) is 0. The van der Waals surface area contributed by atoms with Crippen molar-refractivity contribution in [2.24, 2.45) is 0 Å². The summed E-state index contributed by atoms with van der Waals surface area (Å²) in [5.41, 5.74) is 2.53. The normalized spacial score (nSPS) is 12.0. The van der Waals surface area contributed by atoms with E-state index in [4.69, 9.17) is 0 Å². The molecular weight excluding hydrogens is 159 g/mol. The van der Waals surface area contributed by atoms with Gasteiger partial charge in [-0.1, -0.05) is 0 Å². The van der Waals surface area contributed by atoms with E-state index in [0.717, 1.165) is 0 Å². The molecule has 0 nitrogen and oxygen atoms in total. The van der Waals surface area contributed by atoms with Crippen LogP contribution in [0, 0.1) is 0 Å². The Hall–Kier alpha value is 0.558. The van der Waals surface area contributed by atoms with E-state index >= 15 is 0 Å². The first-order valence-corrected chi connectivity index (χ1v) is 9.37. The van der Waals surface area contributed by atoms with Crippen molar-refractivity contribution in [2.45, 2.75) is 42.1 Å². The van der Waals surface area contributed by atoms with Gasteiger partial charge < -0.3 is 0 Å². The molecule has 0 aromatic rings. The van der Waals surface area contributed by atoms with E-state index < -0.39 is 13.6 Å².